The highest BCUT2D eigenvalue weighted by molar-refractivity contribution is 5.77. The number of rotatable bonds is 7. The van der Waals surface area contributed by atoms with Crippen molar-refractivity contribution in [1.29, 1.82) is 0 Å². The number of nitrogens with zero attached hydrogens (tertiary/aromatic N) is 2. The molecule has 0 aliphatic rings. The summed E-state index contributed by atoms with van der Waals surface area (Å²) in [6.07, 6.45) is 4.28. The summed E-state index contributed by atoms with van der Waals surface area (Å²) in [4.78, 5) is 17.0. The highest BCUT2D eigenvalue weighted by Gasteiger charge is 2.21. The highest BCUT2D eigenvalue weighted by Crippen LogP contribution is 2.24. The number of ether oxygens (including phenoxy) is 1. The Kier molecular flexibility index (Phi) is 5.76. The molecular formula is C21H23N3O3. The molecule has 0 aliphatic carbocycles. The van der Waals surface area contributed by atoms with Crippen LogP contribution in [-0.2, 0) is 18.3 Å². The largest absolute Gasteiger partial charge is 0.508 e. The topological polar surface area (TPSA) is 76.4 Å². The second kappa shape index (κ2) is 8.40. The molecule has 0 spiro atoms. The molecule has 27 heavy (non-hydrogen) atoms. The lowest BCUT2D eigenvalue weighted by molar-refractivity contribution is -0.121. The molecule has 0 bridgehead atoms. The Morgan fingerprint density at radius 2 is 2.07 bits per heavy atom. The SMILES string of the molecule is COc1cccc(C(NC(=O)CCc2ccccc2O)c2nccn2C)c1. The molecule has 0 aliphatic heterocycles. The second-order valence-electron chi connectivity index (χ2n) is 6.30. The van der Waals surface area contributed by atoms with Crippen LogP contribution in [-0.4, -0.2) is 27.7 Å². The molecular weight excluding hydrogens is 342 g/mol. The molecule has 3 rings (SSSR count). The minimum Gasteiger partial charge on any atom is -0.508 e. The van der Waals surface area contributed by atoms with Gasteiger partial charge in [0, 0.05) is 25.9 Å². The summed E-state index contributed by atoms with van der Waals surface area (Å²) in [5.74, 6) is 1.54. The Morgan fingerprint density at radius 1 is 1.26 bits per heavy atom. The minimum atomic E-state index is -0.392. The van der Waals surface area contributed by atoms with E-state index >= 15 is 0 Å². The number of aryl methyl sites for hydroxylation is 2. The van der Waals surface area contributed by atoms with E-state index < -0.39 is 6.04 Å². The van der Waals surface area contributed by atoms with Gasteiger partial charge in [-0.15, -0.1) is 0 Å². The van der Waals surface area contributed by atoms with E-state index in [4.69, 9.17) is 4.74 Å². The monoisotopic (exact) mass is 365 g/mol. The van der Waals surface area contributed by atoms with Crippen LogP contribution in [0.5, 0.6) is 11.5 Å². The molecule has 0 saturated carbocycles. The van der Waals surface area contributed by atoms with E-state index in [1.807, 2.05) is 54.2 Å². The first-order valence-electron chi connectivity index (χ1n) is 8.76. The normalized spacial score (nSPS) is 11.8. The van der Waals surface area contributed by atoms with Gasteiger partial charge in [0.25, 0.3) is 0 Å². The van der Waals surface area contributed by atoms with Crippen LogP contribution >= 0.6 is 0 Å². The van der Waals surface area contributed by atoms with Crippen molar-refractivity contribution in [2.45, 2.75) is 18.9 Å². The maximum absolute atomic E-state index is 12.6. The van der Waals surface area contributed by atoms with Gasteiger partial charge in [-0.05, 0) is 35.7 Å². The van der Waals surface area contributed by atoms with E-state index in [0.717, 1.165) is 22.7 Å². The van der Waals surface area contributed by atoms with Crippen LogP contribution < -0.4 is 10.1 Å². The second-order valence-corrected chi connectivity index (χ2v) is 6.30. The molecule has 1 unspecified atom stereocenters. The molecule has 0 saturated heterocycles. The lowest BCUT2D eigenvalue weighted by atomic mass is 10.0. The number of methoxy groups -OCH3 is 1. The number of para-hydroxylation sites is 1. The van der Waals surface area contributed by atoms with Crippen molar-refractivity contribution in [3.8, 4) is 11.5 Å². The third-order valence-electron chi connectivity index (χ3n) is 4.46. The number of phenolic OH excluding ortho intramolecular Hbond substituents is 1. The summed E-state index contributed by atoms with van der Waals surface area (Å²) < 4.78 is 7.19. The van der Waals surface area contributed by atoms with Crippen LogP contribution in [0, 0.1) is 0 Å². The first-order valence-corrected chi connectivity index (χ1v) is 8.76. The summed E-state index contributed by atoms with van der Waals surface area (Å²) >= 11 is 0. The van der Waals surface area contributed by atoms with Gasteiger partial charge >= 0.3 is 0 Å². The van der Waals surface area contributed by atoms with Gasteiger partial charge in [0.1, 0.15) is 23.4 Å². The summed E-state index contributed by atoms with van der Waals surface area (Å²) in [7, 11) is 3.50. The molecule has 2 N–H and O–H groups in total. The zero-order valence-corrected chi connectivity index (χ0v) is 15.4. The Bertz CT molecular complexity index is 920. The summed E-state index contributed by atoms with van der Waals surface area (Å²) in [5, 5.41) is 12.9. The maximum atomic E-state index is 12.6. The zero-order valence-electron chi connectivity index (χ0n) is 15.4. The van der Waals surface area contributed by atoms with E-state index in [1.54, 1.807) is 25.4 Å². The fraction of sp³-hybridized carbons (Fsp3) is 0.238. The van der Waals surface area contributed by atoms with Crippen LogP contribution in [0.15, 0.2) is 60.9 Å². The summed E-state index contributed by atoms with van der Waals surface area (Å²) in [6.45, 7) is 0. The zero-order chi connectivity index (χ0) is 19.2. The van der Waals surface area contributed by atoms with Crippen molar-refractivity contribution in [3.63, 3.8) is 0 Å². The van der Waals surface area contributed by atoms with Crippen molar-refractivity contribution in [3.05, 3.63) is 77.9 Å². The number of hydrogen-bond acceptors (Lipinski definition) is 4. The van der Waals surface area contributed by atoms with Crippen LogP contribution in [0.4, 0.5) is 0 Å². The van der Waals surface area contributed by atoms with Gasteiger partial charge in [0.2, 0.25) is 5.91 Å². The Balaban J connectivity index is 1.78. The van der Waals surface area contributed by atoms with E-state index in [-0.39, 0.29) is 18.1 Å². The van der Waals surface area contributed by atoms with E-state index in [9.17, 15) is 9.90 Å². The van der Waals surface area contributed by atoms with Gasteiger partial charge in [-0.3, -0.25) is 4.79 Å². The standard InChI is InChI=1S/C21H23N3O3/c1-24-13-12-22-21(24)20(16-7-5-8-17(14-16)27-2)23-19(26)11-10-15-6-3-4-9-18(15)25/h3-9,12-14,20,25H,10-11H2,1-2H3,(H,23,26). The van der Waals surface area contributed by atoms with Gasteiger partial charge in [-0.25, -0.2) is 4.98 Å². The third-order valence-corrected chi connectivity index (χ3v) is 4.46. The molecule has 1 atom stereocenters. The van der Waals surface area contributed by atoms with E-state index in [2.05, 4.69) is 10.3 Å². The molecule has 1 aromatic heterocycles. The average Bonchev–Trinajstić information content (AvgIpc) is 3.11. The van der Waals surface area contributed by atoms with Crippen LogP contribution in [0.2, 0.25) is 0 Å². The number of aromatic nitrogens is 2. The molecule has 6 heteroatoms. The number of amides is 1. The van der Waals surface area contributed by atoms with Crippen molar-refractivity contribution in [2.75, 3.05) is 7.11 Å². The number of imidazole rings is 1. The molecule has 1 heterocycles. The summed E-state index contributed by atoms with van der Waals surface area (Å²) in [6, 6.07) is 14.2. The predicted octanol–water partition coefficient (Wildman–Crippen LogP) is 2.97. The fourth-order valence-corrected chi connectivity index (χ4v) is 2.98. The average molecular weight is 365 g/mol. The smallest absolute Gasteiger partial charge is 0.221 e. The summed E-state index contributed by atoms with van der Waals surface area (Å²) in [5.41, 5.74) is 1.64. The van der Waals surface area contributed by atoms with Crippen molar-refractivity contribution in [1.82, 2.24) is 14.9 Å². The highest BCUT2D eigenvalue weighted by atomic mass is 16.5. The van der Waals surface area contributed by atoms with Crippen molar-refractivity contribution >= 4 is 5.91 Å². The van der Waals surface area contributed by atoms with Gasteiger partial charge in [0.05, 0.1) is 7.11 Å². The van der Waals surface area contributed by atoms with Crippen molar-refractivity contribution in [2.24, 2.45) is 7.05 Å². The molecule has 6 nitrogen and oxygen atoms in total. The molecule has 0 fully saturated rings. The van der Waals surface area contributed by atoms with Crippen LogP contribution in [0.25, 0.3) is 0 Å². The van der Waals surface area contributed by atoms with Crippen molar-refractivity contribution < 1.29 is 14.6 Å². The van der Waals surface area contributed by atoms with Gasteiger partial charge in [0.15, 0.2) is 0 Å². The Hall–Kier alpha value is -3.28. The first-order chi connectivity index (χ1) is 13.1. The molecule has 140 valence electrons. The number of aromatic hydroxyl groups is 1. The third kappa shape index (κ3) is 4.47. The lowest BCUT2D eigenvalue weighted by Gasteiger charge is -2.20. The minimum absolute atomic E-state index is 0.117. The predicted molar refractivity (Wildman–Crippen MR) is 103 cm³/mol. The Labute approximate surface area is 158 Å². The number of carbonyl (C=O) groups excluding carboxylic acids is 1. The fourth-order valence-electron chi connectivity index (χ4n) is 2.98. The number of hydrogen-bond donors (Lipinski definition) is 2. The maximum Gasteiger partial charge on any atom is 0.221 e. The quantitative estimate of drug-likeness (QED) is 0.675. The Morgan fingerprint density at radius 3 is 2.78 bits per heavy atom. The van der Waals surface area contributed by atoms with Crippen LogP contribution in [0.1, 0.15) is 29.4 Å². The van der Waals surface area contributed by atoms with E-state index in [0.29, 0.717) is 6.42 Å². The molecule has 2 aromatic carbocycles. The van der Waals surface area contributed by atoms with Gasteiger partial charge in [-0.1, -0.05) is 30.3 Å². The van der Waals surface area contributed by atoms with Gasteiger partial charge < -0.3 is 19.7 Å². The van der Waals surface area contributed by atoms with E-state index in [1.165, 1.54) is 0 Å². The first kappa shape index (κ1) is 18.5. The lowest BCUT2D eigenvalue weighted by Crippen LogP contribution is -2.31. The number of carbonyl (C=O) groups is 1. The molecule has 3 aromatic rings. The number of nitrogens with one attached hydrogen (secondary N) is 1. The van der Waals surface area contributed by atoms with Gasteiger partial charge in [-0.2, -0.15) is 0 Å². The molecule has 1 amide bonds. The number of benzene rings is 2. The molecule has 0 radical (unpaired) electrons. The van der Waals surface area contributed by atoms with Crippen LogP contribution in [0.3, 0.4) is 0 Å². The number of phenols is 1.